The molecule has 0 spiro atoms. The summed E-state index contributed by atoms with van der Waals surface area (Å²) in [6.07, 6.45) is 4.33. The quantitative estimate of drug-likeness (QED) is 0.916. The fourth-order valence-corrected chi connectivity index (χ4v) is 4.84. The van der Waals surface area contributed by atoms with E-state index in [1.807, 2.05) is 4.90 Å². The zero-order valence-electron chi connectivity index (χ0n) is 16.3. The van der Waals surface area contributed by atoms with E-state index in [-0.39, 0.29) is 11.8 Å². The number of benzene rings is 1. The summed E-state index contributed by atoms with van der Waals surface area (Å²) in [6.45, 7) is 8.70. The maximum absolute atomic E-state index is 13.0. The summed E-state index contributed by atoms with van der Waals surface area (Å²) in [4.78, 5) is 20.9. The maximum atomic E-state index is 13.0. The molecule has 1 amide bonds. The van der Waals surface area contributed by atoms with Gasteiger partial charge in [-0.25, -0.2) is 0 Å². The van der Waals surface area contributed by atoms with Crippen LogP contribution in [0.4, 0.5) is 0 Å². The van der Waals surface area contributed by atoms with E-state index in [0.29, 0.717) is 6.04 Å². The third-order valence-corrected chi connectivity index (χ3v) is 6.23. The highest BCUT2D eigenvalue weighted by molar-refractivity contribution is 6.00. The minimum absolute atomic E-state index is 0.0486. The summed E-state index contributed by atoms with van der Waals surface area (Å²) in [7, 11) is 2.17. The number of nitrogens with zero attached hydrogens (tertiary/aromatic N) is 2. The van der Waals surface area contributed by atoms with Crippen molar-refractivity contribution in [1.29, 1.82) is 0 Å². The lowest BCUT2D eigenvalue weighted by Gasteiger charge is -2.40. The Morgan fingerprint density at radius 2 is 2.04 bits per heavy atom. The number of carbonyl (C=O) groups is 1. The number of H-pyrrole nitrogens is 1. The Labute approximate surface area is 155 Å². The molecule has 0 radical (unpaired) electrons. The first-order valence-electron chi connectivity index (χ1n) is 9.92. The van der Waals surface area contributed by atoms with Gasteiger partial charge in [0.1, 0.15) is 0 Å². The molecule has 4 nitrogen and oxygen atoms in total. The van der Waals surface area contributed by atoms with E-state index >= 15 is 0 Å². The highest BCUT2D eigenvalue weighted by Crippen LogP contribution is 2.42. The van der Waals surface area contributed by atoms with Crippen LogP contribution in [0.5, 0.6) is 0 Å². The average molecular weight is 351 g/mol. The fraction of sp³-hybridized carbons (Fsp3) is 0.500. The molecule has 1 aliphatic carbocycles. The highest BCUT2D eigenvalue weighted by Gasteiger charge is 2.37. The van der Waals surface area contributed by atoms with Gasteiger partial charge in [0.05, 0.1) is 5.92 Å². The standard InChI is InChI=1S/C22H29N3O/c1-5-18-17-12-20-16(15-9-8-10-19(23-18)21(15)17)11-14(13-24(20)4)22(26)25(6-2)7-3/h8-11,14,20,23H,5-7,12-13H2,1-4H3/t14-,20+/m0/s1. The maximum Gasteiger partial charge on any atom is 0.230 e. The Morgan fingerprint density at radius 3 is 2.73 bits per heavy atom. The van der Waals surface area contributed by atoms with Crippen molar-refractivity contribution in [3.05, 3.63) is 41.1 Å². The van der Waals surface area contributed by atoms with Gasteiger partial charge in [0.25, 0.3) is 0 Å². The van der Waals surface area contributed by atoms with E-state index in [2.05, 4.69) is 62.0 Å². The largest absolute Gasteiger partial charge is 0.358 e. The highest BCUT2D eigenvalue weighted by atomic mass is 16.2. The second kappa shape index (κ2) is 6.58. The van der Waals surface area contributed by atoms with Crippen LogP contribution < -0.4 is 0 Å². The zero-order chi connectivity index (χ0) is 18.4. The molecule has 138 valence electrons. The molecule has 2 aliphatic rings. The van der Waals surface area contributed by atoms with Crippen LogP contribution in [0.3, 0.4) is 0 Å². The molecule has 1 aromatic carbocycles. The number of aromatic nitrogens is 1. The van der Waals surface area contributed by atoms with E-state index in [0.717, 1.165) is 32.5 Å². The van der Waals surface area contributed by atoms with Crippen LogP contribution in [0.25, 0.3) is 16.5 Å². The number of carbonyl (C=O) groups excluding carboxylic acids is 1. The average Bonchev–Trinajstić information content (AvgIpc) is 3.02. The van der Waals surface area contributed by atoms with Gasteiger partial charge in [-0.15, -0.1) is 0 Å². The number of hydrogen-bond acceptors (Lipinski definition) is 2. The van der Waals surface area contributed by atoms with Gasteiger partial charge in [-0.05, 0) is 56.5 Å². The third kappa shape index (κ3) is 2.50. The smallest absolute Gasteiger partial charge is 0.230 e. The van der Waals surface area contributed by atoms with Crippen molar-refractivity contribution in [3.8, 4) is 0 Å². The molecule has 26 heavy (non-hydrogen) atoms. The molecule has 0 unspecified atom stereocenters. The van der Waals surface area contributed by atoms with Gasteiger partial charge in [-0.3, -0.25) is 9.69 Å². The zero-order valence-corrected chi connectivity index (χ0v) is 16.3. The minimum atomic E-state index is -0.0486. The molecule has 2 atom stereocenters. The number of hydrogen-bond donors (Lipinski definition) is 1. The van der Waals surface area contributed by atoms with Crippen molar-refractivity contribution in [3.63, 3.8) is 0 Å². The van der Waals surface area contributed by atoms with E-state index in [1.165, 1.54) is 33.3 Å². The van der Waals surface area contributed by atoms with Gasteiger partial charge in [0.2, 0.25) is 5.91 Å². The molecule has 1 aromatic heterocycles. The van der Waals surface area contributed by atoms with Crippen LogP contribution in [0.1, 0.15) is 37.6 Å². The van der Waals surface area contributed by atoms with Crippen LogP contribution in [0.15, 0.2) is 24.3 Å². The van der Waals surface area contributed by atoms with Crippen LogP contribution in [0, 0.1) is 5.92 Å². The number of aryl methyl sites for hydroxylation is 1. The molecular weight excluding hydrogens is 322 g/mol. The predicted octanol–water partition coefficient (Wildman–Crippen LogP) is 3.47. The van der Waals surface area contributed by atoms with Gasteiger partial charge in [0, 0.05) is 42.3 Å². The van der Waals surface area contributed by atoms with Crippen molar-refractivity contribution in [1.82, 2.24) is 14.8 Å². The Balaban J connectivity index is 1.83. The van der Waals surface area contributed by atoms with Gasteiger partial charge in [-0.2, -0.15) is 0 Å². The van der Waals surface area contributed by atoms with Gasteiger partial charge in [0.15, 0.2) is 0 Å². The van der Waals surface area contributed by atoms with E-state index in [9.17, 15) is 4.79 Å². The Hall–Kier alpha value is -2.07. The Morgan fingerprint density at radius 1 is 1.27 bits per heavy atom. The summed E-state index contributed by atoms with van der Waals surface area (Å²) >= 11 is 0. The molecule has 1 N–H and O–H groups in total. The summed E-state index contributed by atoms with van der Waals surface area (Å²) in [5.41, 5.74) is 6.72. The molecule has 0 fully saturated rings. The third-order valence-electron chi connectivity index (χ3n) is 6.23. The summed E-state index contributed by atoms with van der Waals surface area (Å²) in [5, 5.41) is 1.37. The van der Waals surface area contributed by atoms with Gasteiger partial charge < -0.3 is 9.88 Å². The second-order valence-corrected chi connectivity index (χ2v) is 7.56. The van der Waals surface area contributed by atoms with Crippen molar-refractivity contribution >= 4 is 22.4 Å². The monoisotopic (exact) mass is 351 g/mol. The van der Waals surface area contributed by atoms with Crippen molar-refractivity contribution in [2.24, 2.45) is 5.92 Å². The summed E-state index contributed by atoms with van der Waals surface area (Å²) in [5.74, 6) is 0.210. The first-order chi connectivity index (χ1) is 12.6. The lowest BCUT2D eigenvalue weighted by atomic mass is 9.79. The fourth-order valence-electron chi connectivity index (χ4n) is 4.84. The van der Waals surface area contributed by atoms with Crippen molar-refractivity contribution in [2.45, 2.75) is 39.7 Å². The van der Waals surface area contributed by atoms with E-state index in [1.54, 1.807) is 0 Å². The molecule has 4 heteroatoms. The molecule has 0 saturated heterocycles. The number of nitrogens with one attached hydrogen (secondary N) is 1. The first kappa shape index (κ1) is 17.3. The lowest BCUT2D eigenvalue weighted by molar-refractivity contribution is -0.134. The molecule has 0 saturated carbocycles. The summed E-state index contributed by atoms with van der Waals surface area (Å²) < 4.78 is 0. The minimum Gasteiger partial charge on any atom is -0.358 e. The van der Waals surface area contributed by atoms with Gasteiger partial charge >= 0.3 is 0 Å². The van der Waals surface area contributed by atoms with Crippen LogP contribution in [-0.4, -0.2) is 53.4 Å². The normalized spacial score (nSPS) is 22.2. The molecule has 2 aromatic rings. The molecule has 1 aliphatic heterocycles. The molecule has 4 rings (SSSR count). The number of fused-ring (bicyclic) bond motifs is 2. The van der Waals surface area contributed by atoms with Crippen molar-refractivity contribution in [2.75, 3.05) is 26.7 Å². The molecule has 2 heterocycles. The molecular formula is C22H29N3O. The first-order valence-corrected chi connectivity index (χ1v) is 9.92. The van der Waals surface area contributed by atoms with Crippen LogP contribution in [0.2, 0.25) is 0 Å². The topological polar surface area (TPSA) is 39.3 Å². The number of aromatic amines is 1. The second-order valence-electron chi connectivity index (χ2n) is 7.56. The lowest BCUT2D eigenvalue weighted by Crippen LogP contribution is -2.47. The van der Waals surface area contributed by atoms with E-state index in [4.69, 9.17) is 0 Å². The Bertz CT molecular complexity index is 875. The predicted molar refractivity (Wildman–Crippen MR) is 107 cm³/mol. The SMILES string of the molecule is CCc1[nH]c2cccc3c2c1C[C@@H]1C3=C[C@H](C(=O)N(CC)CC)CN1C. The van der Waals surface area contributed by atoms with Crippen molar-refractivity contribution < 1.29 is 4.79 Å². The van der Waals surface area contributed by atoms with Gasteiger partial charge in [-0.1, -0.05) is 25.1 Å². The number of likely N-dealkylation sites (N-methyl/N-ethyl adjacent to an activating group) is 1. The van der Waals surface area contributed by atoms with Crippen LogP contribution in [-0.2, 0) is 17.6 Å². The summed E-state index contributed by atoms with van der Waals surface area (Å²) in [6, 6.07) is 6.91. The van der Waals surface area contributed by atoms with E-state index < -0.39 is 0 Å². The number of amides is 1. The molecule has 0 bridgehead atoms. The Kier molecular flexibility index (Phi) is 4.39. The number of rotatable bonds is 4. The van der Waals surface area contributed by atoms with Crippen LogP contribution >= 0.6 is 0 Å².